The van der Waals surface area contributed by atoms with Crippen LogP contribution in [0.15, 0.2) is 6.33 Å². The van der Waals surface area contributed by atoms with Crippen LogP contribution in [0, 0.1) is 16.7 Å². The Morgan fingerprint density at radius 1 is 1.53 bits per heavy atom. The third-order valence-corrected chi connectivity index (χ3v) is 3.16. The molecule has 0 bridgehead atoms. The van der Waals surface area contributed by atoms with Crippen LogP contribution in [0.3, 0.4) is 0 Å². The van der Waals surface area contributed by atoms with Gasteiger partial charge in [0.05, 0.1) is 6.07 Å². The molecule has 0 unspecified atom stereocenters. The highest BCUT2D eigenvalue weighted by molar-refractivity contribution is 5.96. The van der Waals surface area contributed by atoms with Gasteiger partial charge in [-0.3, -0.25) is 14.9 Å². The molecule has 2 rings (SSSR count). The molecule has 1 aliphatic rings. The minimum atomic E-state index is -1.05. The Kier molecular flexibility index (Phi) is 3.46. The van der Waals surface area contributed by atoms with Crippen LogP contribution in [-0.2, 0) is 16.1 Å². The summed E-state index contributed by atoms with van der Waals surface area (Å²) in [5.41, 5.74) is -1.00. The van der Waals surface area contributed by atoms with Gasteiger partial charge in [-0.2, -0.15) is 5.26 Å². The molecule has 0 aliphatic heterocycles. The average Bonchev–Trinajstić information content (AvgIpc) is 2.98. The van der Waals surface area contributed by atoms with Crippen LogP contribution in [0.1, 0.15) is 25.7 Å². The topological polar surface area (TPSA) is 121 Å². The zero-order chi connectivity index (χ0) is 13.9. The van der Waals surface area contributed by atoms with E-state index in [1.807, 2.05) is 0 Å². The van der Waals surface area contributed by atoms with Crippen molar-refractivity contribution in [2.24, 2.45) is 5.41 Å². The van der Waals surface area contributed by atoms with Crippen molar-refractivity contribution in [3.05, 3.63) is 6.33 Å². The van der Waals surface area contributed by atoms with Crippen molar-refractivity contribution in [2.75, 3.05) is 5.32 Å². The quantitative estimate of drug-likeness (QED) is 0.810. The van der Waals surface area contributed by atoms with Crippen LogP contribution in [0.25, 0.3) is 0 Å². The Hall–Kier alpha value is -2.43. The van der Waals surface area contributed by atoms with Gasteiger partial charge in [-0.05, 0) is 12.8 Å². The average molecular weight is 263 g/mol. The fourth-order valence-corrected chi connectivity index (χ4v) is 2.16. The maximum atomic E-state index is 12.1. The number of hydrogen-bond donors (Lipinski definition) is 2. The van der Waals surface area contributed by atoms with E-state index in [9.17, 15) is 9.59 Å². The first-order valence-electron chi connectivity index (χ1n) is 5.90. The number of rotatable bonds is 4. The molecule has 0 atom stereocenters. The summed E-state index contributed by atoms with van der Waals surface area (Å²) in [4.78, 5) is 26.3. The molecule has 1 saturated carbocycles. The number of nitriles is 1. The Balaban J connectivity index is 2.05. The molecule has 2 N–H and O–H groups in total. The zero-order valence-corrected chi connectivity index (χ0v) is 10.2. The Morgan fingerprint density at radius 3 is 2.79 bits per heavy atom. The van der Waals surface area contributed by atoms with Crippen LogP contribution < -0.4 is 5.32 Å². The van der Waals surface area contributed by atoms with Crippen molar-refractivity contribution in [3.8, 4) is 6.07 Å². The number of amides is 1. The molecule has 1 fully saturated rings. The molecular formula is C11H13N5O3. The fraction of sp³-hybridized carbons (Fsp3) is 0.545. The summed E-state index contributed by atoms with van der Waals surface area (Å²) in [6, 6.07) is 2.07. The van der Waals surface area contributed by atoms with Crippen LogP contribution in [0.4, 0.5) is 5.95 Å². The van der Waals surface area contributed by atoms with Gasteiger partial charge in [0.2, 0.25) is 11.9 Å². The number of aliphatic carboxylic acids is 1. The van der Waals surface area contributed by atoms with Gasteiger partial charge in [-0.25, -0.2) is 9.67 Å². The lowest BCUT2D eigenvalue weighted by Crippen LogP contribution is -2.32. The fourth-order valence-electron chi connectivity index (χ4n) is 2.16. The number of anilines is 1. The van der Waals surface area contributed by atoms with Gasteiger partial charge in [-0.1, -0.05) is 12.8 Å². The van der Waals surface area contributed by atoms with E-state index >= 15 is 0 Å². The SMILES string of the molecule is N#CC1(C(=O)Nc2ncn(CC(=O)O)n2)CCCC1. The van der Waals surface area contributed by atoms with Crippen molar-refractivity contribution >= 4 is 17.8 Å². The highest BCUT2D eigenvalue weighted by Gasteiger charge is 2.41. The Labute approximate surface area is 109 Å². The molecule has 0 radical (unpaired) electrons. The minimum Gasteiger partial charge on any atom is -0.480 e. The molecule has 1 amide bonds. The summed E-state index contributed by atoms with van der Waals surface area (Å²) in [6.45, 7) is -0.327. The molecule has 0 spiro atoms. The third-order valence-electron chi connectivity index (χ3n) is 3.16. The minimum absolute atomic E-state index is 0.0211. The molecule has 8 nitrogen and oxygen atoms in total. The van der Waals surface area contributed by atoms with Crippen molar-refractivity contribution in [2.45, 2.75) is 32.2 Å². The van der Waals surface area contributed by atoms with Crippen LogP contribution in [-0.4, -0.2) is 31.7 Å². The molecule has 1 heterocycles. The smallest absolute Gasteiger partial charge is 0.325 e. The number of carboxylic acid groups (broad SMARTS) is 1. The van der Waals surface area contributed by atoms with Crippen LogP contribution in [0.5, 0.6) is 0 Å². The van der Waals surface area contributed by atoms with Crippen LogP contribution in [0.2, 0.25) is 0 Å². The van der Waals surface area contributed by atoms with Crippen molar-refractivity contribution in [1.82, 2.24) is 14.8 Å². The summed E-state index contributed by atoms with van der Waals surface area (Å²) in [5.74, 6) is -1.44. The van der Waals surface area contributed by atoms with Gasteiger partial charge in [-0.15, -0.1) is 5.10 Å². The summed E-state index contributed by atoms with van der Waals surface area (Å²) in [6.07, 6.45) is 3.98. The maximum absolute atomic E-state index is 12.1. The molecule has 8 heteroatoms. The van der Waals surface area contributed by atoms with E-state index in [0.29, 0.717) is 12.8 Å². The van der Waals surface area contributed by atoms with Gasteiger partial charge in [0.1, 0.15) is 18.3 Å². The second-order valence-corrected chi connectivity index (χ2v) is 4.51. The predicted octanol–water partition coefficient (Wildman–Crippen LogP) is 0.385. The highest BCUT2D eigenvalue weighted by atomic mass is 16.4. The van der Waals surface area contributed by atoms with E-state index in [1.165, 1.54) is 6.33 Å². The molecule has 0 aromatic carbocycles. The Bertz CT molecular complexity index is 539. The first kappa shape index (κ1) is 13.0. The highest BCUT2D eigenvalue weighted by Crippen LogP contribution is 2.38. The lowest BCUT2D eigenvalue weighted by Gasteiger charge is -2.17. The molecule has 1 aromatic rings. The predicted molar refractivity (Wildman–Crippen MR) is 62.8 cm³/mol. The van der Waals surface area contributed by atoms with Gasteiger partial charge in [0, 0.05) is 0 Å². The lowest BCUT2D eigenvalue weighted by molar-refractivity contribution is -0.137. The van der Waals surface area contributed by atoms with E-state index in [-0.39, 0.29) is 12.5 Å². The number of carbonyl (C=O) groups is 2. The number of carboxylic acids is 1. The van der Waals surface area contributed by atoms with Crippen molar-refractivity contribution in [1.29, 1.82) is 5.26 Å². The third kappa shape index (κ3) is 2.70. The summed E-state index contributed by atoms with van der Waals surface area (Å²) >= 11 is 0. The van der Waals surface area contributed by atoms with Crippen molar-refractivity contribution < 1.29 is 14.7 Å². The molecular weight excluding hydrogens is 250 g/mol. The van der Waals surface area contributed by atoms with Gasteiger partial charge < -0.3 is 5.11 Å². The first-order valence-corrected chi connectivity index (χ1v) is 5.90. The van der Waals surface area contributed by atoms with E-state index in [1.54, 1.807) is 0 Å². The standard InChI is InChI=1S/C11H13N5O3/c12-6-11(3-1-2-4-11)9(19)14-10-13-7-16(15-10)5-8(17)18/h7H,1-5H2,(H,17,18)(H,14,15,19). The van der Waals surface area contributed by atoms with E-state index in [0.717, 1.165) is 17.5 Å². The lowest BCUT2D eigenvalue weighted by atomic mass is 9.87. The number of hydrogen-bond acceptors (Lipinski definition) is 5. The number of carbonyl (C=O) groups excluding carboxylic acids is 1. The summed E-state index contributed by atoms with van der Waals surface area (Å²) < 4.78 is 1.10. The summed E-state index contributed by atoms with van der Waals surface area (Å²) in [5, 5.41) is 24.0. The molecule has 1 aliphatic carbocycles. The second-order valence-electron chi connectivity index (χ2n) is 4.51. The first-order chi connectivity index (χ1) is 9.05. The molecule has 100 valence electrons. The monoisotopic (exact) mass is 263 g/mol. The zero-order valence-electron chi connectivity index (χ0n) is 10.2. The largest absolute Gasteiger partial charge is 0.480 e. The van der Waals surface area contributed by atoms with Gasteiger partial charge in [0.25, 0.3) is 0 Å². The van der Waals surface area contributed by atoms with Crippen molar-refractivity contribution in [3.63, 3.8) is 0 Å². The number of nitrogens with zero attached hydrogens (tertiary/aromatic N) is 4. The van der Waals surface area contributed by atoms with Gasteiger partial charge >= 0.3 is 5.97 Å². The van der Waals surface area contributed by atoms with E-state index in [2.05, 4.69) is 21.5 Å². The maximum Gasteiger partial charge on any atom is 0.325 e. The second kappa shape index (κ2) is 5.06. The normalized spacial score (nSPS) is 16.8. The van der Waals surface area contributed by atoms with E-state index < -0.39 is 17.3 Å². The van der Waals surface area contributed by atoms with E-state index in [4.69, 9.17) is 10.4 Å². The number of nitrogens with one attached hydrogen (secondary N) is 1. The molecule has 1 aromatic heterocycles. The van der Waals surface area contributed by atoms with Crippen LogP contribution >= 0.6 is 0 Å². The summed E-state index contributed by atoms with van der Waals surface area (Å²) in [7, 11) is 0. The molecule has 0 saturated heterocycles. The number of aromatic nitrogens is 3. The molecule has 19 heavy (non-hydrogen) atoms. The Morgan fingerprint density at radius 2 is 2.21 bits per heavy atom. The van der Waals surface area contributed by atoms with Gasteiger partial charge in [0.15, 0.2) is 0 Å².